The van der Waals surface area contributed by atoms with E-state index in [4.69, 9.17) is 0 Å². The minimum Gasteiger partial charge on any atom is -0.310 e. The van der Waals surface area contributed by atoms with E-state index in [0.29, 0.717) is 6.04 Å². The standard InChI is InChI=1S/C8H15N/c1-3-8-5-4-6-9-7(8)2/h4-5,7-9H,3,6H2,1-2H3. The van der Waals surface area contributed by atoms with Crippen LogP contribution >= 0.6 is 0 Å². The van der Waals surface area contributed by atoms with Gasteiger partial charge in [0.1, 0.15) is 0 Å². The Bertz CT molecular complexity index is 107. The molecule has 0 saturated heterocycles. The normalized spacial score (nSPS) is 34.9. The summed E-state index contributed by atoms with van der Waals surface area (Å²) in [7, 11) is 0. The van der Waals surface area contributed by atoms with Gasteiger partial charge in [0.05, 0.1) is 0 Å². The Morgan fingerprint density at radius 3 is 2.89 bits per heavy atom. The van der Waals surface area contributed by atoms with Crippen molar-refractivity contribution in [1.82, 2.24) is 5.32 Å². The van der Waals surface area contributed by atoms with Crippen LogP contribution in [0.3, 0.4) is 0 Å². The maximum Gasteiger partial charge on any atom is 0.0137 e. The molecule has 0 aromatic carbocycles. The van der Waals surface area contributed by atoms with Crippen molar-refractivity contribution in [3.63, 3.8) is 0 Å². The van der Waals surface area contributed by atoms with E-state index in [2.05, 4.69) is 31.3 Å². The molecule has 1 heteroatoms. The second kappa shape index (κ2) is 3.02. The lowest BCUT2D eigenvalue weighted by atomic mass is 9.95. The molecule has 0 bridgehead atoms. The summed E-state index contributed by atoms with van der Waals surface area (Å²) >= 11 is 0. The van der Waals surface area contributed by atoms with Crippen molar-refractivity contribution >= 4 is 0 Å². The van der Waals surface area contributed by atoms with Crippen LogP contribution in [0.1, 0.15) is 20.3 Å². The van der Waals surface area contributed by atoms with Crippen LogP contribution in [0.25, 0.3) is 0 Å². The minimum atomic E-state index is 0.681. The molecule has 0 spiro atoms. The molecule has 0 aliphatic carbocycles. The molecule has 0 aromatic rings. The summed E-state index contributed by atoms with van der Waals surface area (Å²) in [6.45, 7) is 5.54. The van der Waals surface area contributed by atoms with Gasteiger partial charge < -0.3 is 5.32 Å². The molecule has 0 fully saturated rings. The lowest BCUT2D eigenvalue weighted by molar-refractivity contribution is 0.424. The molecule has 1 nitrogen and oxygen atoms in total. The Hall–Kier alpha value is -0.300. The Morgan fingerprint density at radius 1 is 1.67 bits per heavy atom. The number of rotatable bonds is 1. The van der Waals surface area contributed by atoms with Crippen molar-refractivity contribution in [3.05, 3.63) is 12.2 Å². The number of nitrogens with one attached hydrogen (secondary N) is 1. The smallest absolute Gasteiger partial charge is 0.0137 e. The predicted octanol–water partition coefficient (Wildman–Crippen LogP) is 1.56. The largest absolute Gasteiger partial charge is 0.310 e. The van der Waals surface area contributed by atoms with Gasteiger partial charge in [-0.15, -0.1) is 0 Å². The Labute approximate surface area is 57.1 Å². The van der Waals surface area contributed by atoms with Gasteiger partial charge in [0.2, 0.25) is 0 Å². The van der Waals surface area contributed by atoms with Crippen LogP contribution in [-0.4, -0.2) is 12.6 Å². The second-order valence-corrected chi connectivity index (χ2v) is 2.70. The highest BCUT2D eigenvalue weighted by Gasteiger charge is 2.13. The van der Waals surface area contributed by atoms with Crippen molar-refractivity contribution in [2.75, 3.05) is 6.54 Å². The molecule has 2 unspecified atom stereocenters. The number of hydrogen-bond donors (Lipinski definition) is 1. The van der Waals surface area contributed by atoms with E-state index in [1.807, 2.05) is 0 Å². The second-order valence-electron chi connectivity index (χ2n) is 2.70. The zero-order valence-corrected chi connectivity index (χ0v) is 6.22. The van der Waals surface area contributed by atoms with E-state index in [9.17, 15) is 0 Å². The molecule has 9 heavy (non-hydrogen) atoms. The first-order chi connectivity index (χ1) is 4.34. The molecule has 1 heterocycles. The van der Waals surface area contributed by atoms with Crippen molar-refractivity contribution in [2.45, 2.75) is 26.3 Å². The van der Waals surface area contributed by atoms with Gasteiger partial charge in [-0.1, -0.05) is 19.1 Å². The summed E-state index contributed by atoms with van der Waals surface area (Å²) in [5.74, 6) is 0.763. The van der Waals surface area contributed by atoms with Crippen molar-refractivity contribution < 1.29 is 0 Å². The zero-order valence-electron chi connectivity index (χ0n) is 6.22. The maximum atomic E-state index is 3.40. The summed E-state index contributed by atoms with van der Waals surface area (Å²) in [6.07, 6.45) is 5.79. The van der Waals surface area contributed by atoms with Crippen LogP contribution in [0.4, 0.5) is 0 Å². The monoisotopic (exact) mass is 125 g/mol. The molecule has 0 aromatic heterocycles. The molecule has 0 amide bonds. The molecule has 0 saturated carbocycles. The predicted molar refractivity (Wildman–Crippen MR) is 40.4 cm³/mol. The quantitative estimate of drug-likeness (QED) is 0.524. The van der Waals surface area contributed by atoms with E-state index in [-0.39, 0.29) is 0 Å². The first-order valence-corrected chi connectivity index (χ1v) is 3.74. The van der Waals surface area contributed by atoms with Gasteiger partial charge in [-0.3, -0.25) is 0 Å². The molecule has 1 aliphatic rings. The highest BCUT2D eigenvalue weighted by Crippen LogP contribution is 2.12. The van der Waals surface area contributed by atoms with Crippen molar-refractivity contribution in [3.8, 4) is 0 Å². The molecule has 1 aliphatic heterocycles. The molecular formula is C8H15N. The summed E-state index contributed by atoms with van der Waals surface area (Å²) in [4.78, 5) is 0. The first kappa shape index (κ1) is 6.81. The van der Waals surface area contributed by atoms with Crippen molar-refractivity contribution in [1.29, 1.82) is 0 Å². The Kier molecular flexibility index (Phi) is 2.29. The highest BCUT2D eigenvalue weighted by molar-refractivity contribution is 4.98. The van der Waals surface area contributed by atoms with E-state index in [1.54, 1.807) is 0 Å². The van der Waals surface area contributed by atoms with Gasteiger partial charge in [0, 0.05) is 12.6 Å². The van der Waals surface area contributed by atoms with Crippen LogP contribution < -0.4 is 5.32 Å². The van der Waals surface area contributed by atoms with Gasteiger partial charge >= 0.3 is 0 Å². The fourth-order valence-corrected chi connectivity index (χ4v) is 1.30. The van der Waals surface area contributed by atoms with Gasteiger partial charge in [0.15, 0.2) is 0 Å². The summed E-state index contributed by atoms with van der Waals surface area (Å²) in [5, 5.41) is 3.40. The van der Waals surface area contributed by atoms with Crippen LogP contribution in [-0.2, 0) is 0 Å². The lowest BCUT2D eigenvalue weighted by Crippen LogP contribution is -2.35. The fraction of sp³-hybridized carbons (Fsp3) is 0.750. The van der Waals surface area contributed by atoms with Gasteiger partial charge in [-0.05, 0) is 19.3 Å². The Morgan fingerprint density at radius 2 is 2.44 bits per heavy atom. The highest BCUT2D eigenvalue weighted by atomic mass is 14.9. The third kappa shape index (κ3) is 1.55. The average Bonchev–Trinajstić information content (AvgIpc) is 1.89. The van der Waals surface area contributed by atoms with Crippen LogP contribution in [0.5, 0.6) is 0 Å². The molecule has 2 atom stereocenters. The lowest BCUT2D eigenvalue weighted by Gasteiger charge is -2.23. The van der Waals surface area contributed by atoms with Crippen LogP contribution in [0, 0.1) is 5.92 Å². The van der Waals surface area contributed by atoms with Crippen molar-refractivity contribution in [2.24, 2.45) is 5.92 Å². The van der Waals surface area contributed by atoms with E-state index >= 15 is 0 Å². The summed E-state index contributed by atoms with van der Waals surface area (Å²) in [6, 6.07) is 0.681. The Balaban J connectivity index is 2.46. The number of hydrogen-bond acceptors (Lipinski definition) is 1. The molecule has 0 radical (unpaired) electrons. The van der Waals surface area contributed by atoms with E-state index < -0.39 is 0 Å². The van der Waals surface area contributed by atoms with Gasteiger partial charge in [0.25, 0.3) is 0 Å². The summed E-state index contributed by atoms with van der Waals surface area (Å²) in [5.41, 5.74) is 0. The average molecular weight is 125 g/mol. The summed E-state index contributed by atoms with van der Waals surface area (Å²) < 4.78 is 0. The molecule has 52 valence electrons. The minimum absolute atomic E-state index is 0.681. The molecule has 1 N–H and O–H groups in total. The molecule has 1 rings (SSSR count). The third-order valence-corrected chi connectivity index (χ3v) is 2.05. The van der Waals surface area contributed by atoms with Gasteiger partial charge in [-0.25, -0.2) is 0 Å². The maximum absolute atomic E-state index is 3.40. The molecular weight excluding hydrogens is 110 g/mol. The SMILES string of the molecule is CCC1C=CCNC1C. The van der Waals surface area contributed by atoms with E-state index in [0.717, 1.165) is 12.5 Å². The fourth-order valence-electron chi connectivity index (χ4n) is 1.30. The first-order valence-electron chi connectivity index (χ1n) is 3.74. The van der Waals surface area contributed by atoms with Gasteiger partial charge in [-0.2, -0.15) is 0 Å². The van der Waals surface area contributed by atoms with Crippen LogP contribution in [0.15, 0.2) is 12.2 Å². The van der Waals surface area contributed by atoms with Crippen LogP contribution in [0.2, 0.25) is 0 Å². The third-order valence-electron chi connectivity index (χ3n) is 2.05. The zero-order chi connectivity index (χ0) is 6.69. The topological polar surface area (TPSA) is 12.0 Å². The van der Waals surface area contributed by atoms with E-state index in [1.165, 1.54) is 6.42 Å².